The van der Waals surface area contributed by atoms with E-state index in [1.54, 1.807) is 0 Å². The van der Waals surface area contributed by atoms with Crippen molar-refractivity contribution >= 4 is 80.3 Å². The lowest BCUT2D eigenvalue weighted by molar-refractivity contribution is 0.485. The van der Waals surface area contributed by atoms with Gasteiger partial charge in [0.25, 0.3) is 13.4 Å². The largest absolute Gasteiger partial charge is 0.458 e. The maximum Gasteiger partial charge on any atom is 0.256 e. The van der Waals surface area contributed by atoms with Crippen LogP contribution in [0.25, 0.3) is 89.0 Å². The maximum atomic E-state index is 7.94. The van der Waals surface area contributed by atoms with Crippen LogP contribution in [0.5, 0.6) is 23.0 Å². The van der Waals surface area contributed by atoms with Crippen molar-refractivity contribution in [2.24, 2.45) is 0 Å². The van der Waals surface area contributed by atoms with Crippen molar-refractivity contribution in [3.05, 3.63) is 385 Å². The summed E-state index contributed by atoms with van der Waals surface area (Å²) < 4.78 is 15.9. The first kappa shape index (κ1) is 65.0. The maximum absolute atomic E-state index is 7.94. The van der Waals surface area contributed by atoms with Crippen LogP contribution in [-0.2, 0) is 16.2 Å². The highest BCUT2D eigenvalue weighted by Crippen LogP contribution is 2.64. The van der Waals surface area contributed by atoms with Gasteiger partial charge < -0.3 is 19.3 Å². The summed E-state index contributed by atoms with van der Waals surface area (Å²) in [6.07, 6.45) is 0. The van der Waals surface area contributed by atoms with E-state index in [0.29, 0.717) is 0 Å². The van der Waals surface area contributed by atoms with Crippen LogP contribution in [0.3, 0.4) is 0 Å². The number of rotatable bonds is 8. The van der Waals surface area contributed by atoms with Gasteiger partial charge in [-0.15, -0.1) is 0 Å². The molecule has 4 aliphatic heterocycles. The predicted octanol–water partition coefficient (Wildman–Crippen LogP) is 23.4. The van der Waals surface area contributed by atoms with Gasteiger partial charge in [-0.05, 0) is 216 Å². The molecule has 6 aliphatic rings. The van der Waals surface area contributed by atoms with E-state index in [2.05, 4.69) is 403 Å². The minimum Gasteiger partial charge on any atom is -0.458 e. The third kappa shape index (κ3) is 9.89. The molecule has 4 heterocycles. The van der Waals surface area contributed by atoms with Gasteiger partial charge in [-0.2, -0.15) is 0 Å². The van der Waals surface area contributed by atoms with Crippen molar-refractivity contribution in [3.8, 4) is 112 Å². The van der Waals surface area contributed by atoms with Crippen LogP contribution in [0.15, 0.2) is 352 Å². The molecule has 0 unspecified atom stereocenters. The summed E-state index contributed by atoms with van der Waals surface area (Å²) in [6.45, 7) is 13.3. The second-order valence-electron chi connectivity index (χ2n) is 33.0. The summed E-state index contributed by atoms with van der Waals surface area (Å²) in [5, 5.41) is 0. The normalized spacial score (nSPS) is 13.8. The fraction of sp³-hybridized carbons (Fsp3) is 0.0857. The van der Waals surface area contributed by atoms with Crippen molar-refractivity contribution in [2.75, 3.05) is 9.80 Å². The molecule has 16 aromatic carbocycles. The zero-order valence-corrected chi connectivity index (χ0v) is 62.9. The van der Waals surface area contributed by atoms with Gasteiger partial charge in [0.1, 0.15) is 23.0 Å². The molecule has 524 valence electrons. The molecule has 111 heavy (non-hydrogen) atoms. The van der Waals surface area contributed by atoms with Crippen LogP contribution >= 0.6 is 0 Å². The highest BCUT2D eigenvalue weighted by Gasteiger charge is 2.55. The summed E-state index contributed by atoms with van der Waals surface area (Å²) in [6, 6.07) is 132. The predicted molar refractivity (Wildman–Crippen MR) is 464 cm³/mol. The van der Waals surface area contributed by atoms with Crippen LogP contribution in [-0.4, -0.2) is 13.4 Å². The van der Waals surface area contributed by atoms with E-state index >= 15 is 0 Å². The number of ether oxygens (including phenoxy) is 2. The van der Waals surface area contributed by atoms with Crippen molar-refractivity contribution in [1.82, 2.24) is 0 Å². The molecule has 0 saturated heterocycles. The quantitative estimate of drug-likeness (QED) is 0.142. The molecule has 4 nitrogen and oxygen atoms in total. The average molecular weight is 1420 g/mol. The number of hydrogen-bond donors (Lipinski definition) is 0. The van der Waals surface area contributed by atoms with E-state index in [1.165, 1.54) is 88.8 Å². The molecule has 22 rings (SSSR count). The third-order valence-corrected chi connectivity index (χ3v) is 24.7. The van der Waals surface area contributed by atoms with E-state index in [-0.39, 0.29) is 24.3 Å². The molecule has 0 radical (unpaired) electrons. The lowest BCUT2D eigenvalue weighted by Gasteiger charge is -2.42. The number of nitrogens with zero attached hydrogens (tertiary/aromatic N) is 2. The van der Waals surface area contributed by atoms with E-state index in [9.17, 15) is 0 Å². The minimum absolute atomic E-state index is 0.0155. The Morgan fingerprint density at radius 2 is 0.559 bits per heavy atom. The van der Waals surface area contributed by atoms with Gasteiger partial charge in [0.05, 0.1) is 16.8 Å². The van der Waals surface area contributed by atoms with Gasteiger partial charge in [0.15, 0.2) is 0 Å². The minimum atomic E-state index is -0.787. The van der Waals surface area contributed by atoms with Gasteiger partial charge in [0.2, 0.25) is 0 Å². The Balaban J connectivity index is 0.779. The number of hydrogen-bond acceptors (Lipinski definition) is 4. The molecule has 2 aliphatic carbocycles. The monoisotopic (exact) mass is 1420 g/mol. The number of benzene rings is 16. The zero-order chi connectivity index (χ0) is 74.2. The molecular weight excluding hydrogens is 1340 g/mol. The molecule has 0 fully saturated rings. The van der Waals surface area contributed by atoms with E-state index in [4.69, 9.17) is 9.47 Å². The Morgan fingerprint density at radius 1 is 0.225 bits per heavy atom. The van der Waals surface area contributed by atoms with E-state index < -0.39 is 5.41 Å². The molecule has 0 atom stereocenters. The van der Waals surface area contributed by atoms with Crippen LogP contribution in [0.2, 0.25) is 0 Å². The Labute approximate surface area is 650 Å². The Kier molecular flexibility index (Phi) is 14.3. The lowest BCUT2D eigenvalue weighted by Crippen LogP contribution is -2.59. The molecule has 0 bridgehead atoms. The van der Waals surface area contributed by atoms with Gasteiger partial charge >= 0.3 is 0 Å². The smallest absolute Gasteiger partial charge is 0.256 e. The van der Waals surface area contributed by atoms with Crippen molar-refractivity contribution in [2.45, 2.75) is 57.8 Å². The fourth-order valence-electron chi connectivity index (χ4n) is 19.5. The Hall–Kier alpha value is -13.2. The average Bonchev–Trinajstić information content (AvgIpc) is 1.56. The summed E-state index contributed by atoms with van der Waals surface area (Å²) in [5.74, 6) is 3.42. The number of fused-ring (bicyclic) bond motifs is 18. The second kappa shape index (κ2) is 24.4. The van der Waals surface area contributed by atoms with Gasteiger partial charge in [-0.3, -0.25) is 0 Å². The molecule has 0 N–H and O–H groups in total. The first-order valence-electron chi connectivity index (χ1n) is 39.1. The van der Waals surface area contributed by atoms with Gasteiger partial charge in [-0.25, -0.2) is 0 Å². The van der Waals surface area contributed by atoms with Crippen LogP contribution in [0.1, 0.15) is 74.9 Å². The fourth-order valence-corrected chi connectivity index (χ4v) is 19.5. The molecular formula is C105H76B2N2O2. The van der Waals surface area contributed by atoms with Crippen LogP contribution < -0.4 is 52.1 Å². The third-order valence-electron chi connectivity index (χ3n) is 24.7. The highest BCUT2D eigenvalue weighted by atomic mass is 16.5. The summed E-state index contributed by atoms with van der Waals surface area (Å²) in [7, 11) is 0. The number of anilines is 6. The highest BCUT2D eigenvalue weighted by molar-refractivity contribution is 7.00. The second-order valence-corrected chi connectivity index (χ2v) is 33.0. The first-order chi connectivity index (χ1) is 54.3. The van der Waals surface area contributed by atoms with Crippen molar-refractivity contribution < 1.29 is 9.47 Å². The summed E-state index contributed by atoms with van der Waals surface area (Å²) in [5.41, 5.74) is 38.9. The molecule has 6 heteroatoms. The summed E-state index contributed by atoms with van der Waals surface area (Å²) in [4.78, 5) is 5.07. The Morgan fingerprint density at radius 3 is 0.946 bits per heavy atom. The molecule has 1 spiro atoms. The standard InChI is InChI=1S/C105H76B2N2O2/c1-103(2,3)75-49-43-67(44-50-75)73-57-95-101-99(59-73)110-97-63-85-81(61-89(97)106(101)87-55-71(65-27-11-7-12-28-65)47-53-93(87)108(95)91-41-25-21-35-77(91)69-31-15-9-16-32-69)79-37-19-23-39-83(79)105(85)84-40-24-20-38-80(84)82-62-90-98(64-86(82)105)111-100-60-74(68-45-51-76(52-46-68)104(4,5)6)58-96-102(100)107(90)88-56-72(66-29-13-8-14-30-66)48-54-94(88)109(96)92-42-26-22-36-78(92)70-33-17-10-18-34-70/h7-64H,1-6H3. The molecule has 0 saturated carbocycles. The Bertz CT molecular complexity index is 6140. The topological polar surface area (TPSA) is 24.9 Å². The van der Waals surface area contributed by atoms with Gasteiger partial charge in [0, 0.05) is 33.9 Å². The molecule has 16 aromatic rings. The van der Waals surface area contributed by atoms with Gasteiger partial charge in [-0.1, -0.05) is 333 Å². The number of para-hydroxylation sites is 2. The van der Waals surface area contributed by atoms with Crippen LogP contribution in [0, 0.1) is 0 Å². The summed E-state index contributed by atoms with van der Waals surface area (Å²) >= 11 is 0. The SMILES string of the molecule is CC(C)(C)c1ccc(-c2cc3c4c(c2)N(c2ccccc2-c2ccccc2)c2ccc(-c5ccccc5)cc2B4c2cc4c(cc2O3)C2(c3ccccc3-4)c3ccccc3-c3cc4c(cc32)Oc2cc(-c3ccc(C(C)(C)C)cc3)cc3c2B4c2cc(-c4ccccc4)ccc2N3c2ccccc2-c2ccccc2)cc1. The van der Waals surface area contributed by atoms with E-state index in [1.807, 2.05) is 0 Å². The molecule has 0 aromatic heterocycles. The van der Waals surface area contributed by atoms with Crippen molar-refractivity contribution in [3.63, 3.8) is 0 Å². The van der Waals surface area contributed by atoms with E-state index in [0.717, 1.165) is 123 Å². The lowest BCUT2D eigenvalue weighted by atomic mass is 9.33. The zero-order valence-electron chi connectivity index (χ0n) is 62.9. The van der Waals surface area contributed by atoms with Crippen LogP contribution in [0.4, 0.5) is 34.1 Å². The first-order valence-corrected chi connectivity index (χ1v) is 39.1. The van der Waals surface area contributed by atoms with Crippen molar-refractivity contribution in [1.29, 1.82) is 0 Å². The molecule has 0 amide bonds.